The Kier molecular flexibility index (Phi) is 4.01. The van der Waals surface area contributed by atoms with Gasteiger partial charge in [-0.05, 0) is 32.2 Å². The molecule has 86 valence electrons. The maximum atomic E-state index is 11.9. The van der Waals surface area contributed by atoms with Gasteiger partial charge in [-0.1, -0.05) is 19.3 Å². The second kappa shape index (κ2) is 5.50. The molecule has 2 aliphatic rings. The molecule has 1 heterocycles. The lowest BCUT2D eigenvalue weighted by Gasteiger charge is -2.19. The Balaban J connectivity index is 1.93. The molecule has 3 nitrogen and oxygen atoms in total. The van der Waals surface area contributed by atoms with E-state index in [-0.39, 0.29) is 11.8 Å². The molecule has 2 N–H and O–H groups in total. The van der Waals surface area contributed by atoms with Crippen molar-refractivity contribution in [1.82, 2.24) is 10.6 Å². The van der Waals surface area contributed by atoms with Crippen molar-refractivity contribution >= 4 is 5.91 Å². The van der Waals surface area contributed by atoms with E-state index >= 15 is 0 Å². The molecule has 0 spiro atoms. The van der Waals surface area contributed by atoms with Gasteiger partial charge in [-0.2, -0.15) is 0 Å². The van der Waals surface area contributed by atoms with Crippen LogP contribution in [0.2, 0.25) is 0 Å². The minimum absolute atomic E-state index is 0.239. The molecule has 0 aromatic rings. The van der Waals surface area contributed by atoms with Gasteiger partial charge in [-0.25, -0.2) is 0 Å². The Morgan fingerprint density at radius 2 is 1.73 bits per heavy atom. The second-order valence-electron chi connectivity index (χ2n) is 4.80. The summed E-state index contributed by atoms with van der Waals surface area (Å²) in [5.41, 5.74) is 0. The highest BCUT2D eigenvalue weighted by atomic mass is 16.1. The van der Waals surface area contributed by atoms with Gasteiger partial charge in [-0.15, -0.1) is 0 Å². The van der Waals surface area contributed by atoms with E-state index in [0.29, 0.717) is 6.04 Å². The van der Waals surface area contributed by atoms with E-state index in [0.717, 1.165) is 25.9 Å². The van der Waals surface area contributed by atoms with Crippen LogP contribution in [0.25, 0.3) is 0 Å². The average Bonchev–Trinajstić information content (AvgIpc) is 2.68. The van der Waals surface area contributed by atoms with Crippen molar-refractivity contribution in [1.29, 1.82) is 0 Å². The first-order valence-electron chi connectivity index (χ1n) is 6.39. The number of hydrogen-bond acceptors (Lipinski definition) is 2. The average molecular weight is 210 g/mol. The highest BCUT2D eigenvalue weighted by Crippen LogP contribution is 2.26. The number of fused-ring (bicyclic) bond motifs is 1. The van der Waals surface area contributed by atoms with Crippen molar-refractivity contribution in [3.05, 3.63) is 0 Å². The van der Waals surface area contributed by atoms with Gasteiger partial charge in [-0.3, -0.25) is 4.79 Å². The van der Waals surface area contributed by atoms with E-state index in [1.54, 1.807) is 0 Å². The van der Waals surface area contributed by atoms with Crippen LogP contribution in [0.15, 0.2) is 0 Å². The molecular formula is C12H22N2O. The summed E-state index contributed by atoms with van der Waals surface area (Å²) in [4.78, 5) is 11.9. The Labute approximate surface area is 92.0 Å². The summed E-state index contributed by atoms with van der Waals surface area (Å²) < 4.78 is 0. The van der Waals surface area contributed by atoms with Crippen LogP contribution in [-0.4, -0.2) is 25.0 Å². The maximum absolute atomic E-state index is 11.9. The zero-order chi connectivity index (χ0) is 10.5. The number of carbonyl (C=O) groups excluding carboxylic acids is 1. The van der Waals surface area contributed by atoms with Gasteiger partial charge in [0.25, 0.3) is 0 Å². The number of carbonyl (C=O) groups is 1. The van der Waals surface area contributed by atoms with Crippen molar-refractivity contribution < 1.29 is 4.79 Å². The van der Waals surface area contributed by atoms with Crippen LogP contribution in [0, 0.1) is 5.92 Å². The summed E-state index contributed by atoms with van der Waals surface area (Å²) in [5, 5.41) is 6.62. The molecule has 1 aliphatic carbocycles. The number of nitrogens with one attached hydrogen (secondary N) is 2. The fraction of sp³-hybridized carbons (Fsp3) is 0.917. The smallest absolute Gasteiger partial charge is 0.224 e. The van der Waals surface area contributed by atoms with Gasteiger partial charge in [0.2, 0.25) is 5.91 Å². The molecule has 0 aromatic carbocycles. The normalized spacial score (nSPS) is 34.0. The molecule has 2 fully saturated rings. The number of rotatable bonds is 0. The fourth-order valence-electron chi connectivity index (χ4n) is 2.75. The molecule has 15 heavy (non-hydrogen) atoms. The summed E-state index contributed by atoms with van der Waals surface area (Å²) in [6.45, 7) is 1.97. The summed E-state index contributed by atoms with van der Waals surface area (Å²) in [6.07, 6.45) is 8.40. The van der Waals surface area contributed by atoms with E-state index in [2.05, 4.69) is 10.6 Å². The molecule has 2 atom stereocenters. The summed E-state index contributed by atoms with van der Waals surface area (Å²) in [5.74, 6) is 0.523. The third-order valence-corrected chi connectivity index (χ3v) is 3.66. The summed E-state index contributed by atoms with van der Waals surface area (Å²) >= 11 is 0. The SMILES string of the molecule is O=C1NCCCCCCNC2CCCC12. The van der Waals surface area contributed by atoms with E-state index in [9.17, 15) is 4.79 Å². The van der Waals surface area contributed by atoms with Crippen LogP contribution in [0.5, 0.6) is 0 Å². The highest BCUT2D eigenvalue weighted by Gasteiger charge is 2.32. The lowest BCUT2D eigenvalue weighted by molar-refractivity contribution is -0.125. The zero-order valence-corrected chi connectivity index (χ0v) is 9.43. The molecule has 0 bridgehead atoms. The van der Waals surface area contributed by atoms with Crippen molar-refractivity contribution in [2.75, 3.05) is 13.1 Å². The summed E-state index contributed by atoms with van der Waals surface area (Å²) in [7, 11) is 0. The summed E-state index contributed by atoms with van der Waals surface area (Å²) in [6, 6.07) is 0.447. The third-order valence-electron chi connectivity index (χ3n) is 3.66. The van der Waals surface area contributed by atoms with Crippen LogP contribution in [0.3, 0.4) is 0 Å². The van der Waals surface area contributed by atoms with Crippen LogP contribution >= 0.6 is 0 Å². The van der Waals surface area contributed by atoms with Crippen molar-refractivity contribution in [3.8, 4) is 0 Å². The first-order chi connectivity index (χ1) is 7.38. The minimum Gasteiger partial charge on any atom is -0.356 e. The maximum Gasteiger partial charge on any atom is 0.224 e. The molecule has 1 saturated heterocycles. The topological polar surface area (TPSA) is 41.1 Å². The Hall–Kier alpha value is -0.570. The molecule has 0 radical (unpaired) electrons. The van der Waals surface area contributed by atoms with Crippen molar-refractivity contribution in [3.63, 3.8) is 0 Å². The van der Waals surface area contributed by atoms with Gasteiger partial charge in [0.1, 0.15) is 0 Å². The highest BCUT2D eigenvalue weighted by molar-refractivity contribution is 5.79. The zero-order valence-electron chi connectivity index (χ0n) is 9.43. The largest absolute Gasteiger partial charge is 0.356 e. The molecule has 2 rings (SSSR count). The monoisotopic (exact) mass is 210 g/mol. The Morgan fingerprint density at radius 3 is 2.60 bits per heavy atom. The van der Waals surface area contributed by atoms with E-state index in [1.807, 2.05) is 0 Å². The van der Waals surface area contributed by atoms with Crippen LogP contribution in [0.1, 0.15) is 44.9 Å². The van der Waals surface area contributed by atoms with Crippen LogP contribution in [-0.2, 0) is 4.79 Å². The van der Waals surface area contributed by atoms with Crippen molar-refractivity contribution in [2.45, 2.75) is 51.0 Å². The molecule has 1 amide bonds. The lowest BCUT2D eigenvalue weighted by atomic mass is 10.0. The van der Waals surface area contributed by atoms with Gasteiger partial charge < -0.3 is 10.6 Å². The number of amides is 1. The first-order valence-corrected chi connectivity index (χ1v) is 6.39. The first kappa shape index (κ1) is 10.9. The van der Waals surface area contributed by atoms with Crippen molar-refractivity contribution in [2.24, 2.45) is 5.92 Å². The van der Waals surface area contributed by atoms with Gasteiger partial charge >= 0.3 is 0 Å². The lowest BCUT2D eigenvalue weighted by Crippen LogP contribution is -2.41. The predicted octanol–water partition coefficient (Wildman–Crippen LogP) is 1.43. The Bertz CT molecular complexity index is 218. The minimum atomic E-state index is 0.239. The fourth-order valence-corrected chi connectivity index (χ4v) is 2.75. The predicted molar refractivity (Wildman–Crippen MR) is 60.6 cm³/mol. The standard InChI is InChI=1S/C12H22N2O/c15-12-10-6-5-7-11(10)13-8-3-1-2-4-9-14-12/h10-11,13H,1-9H2,(H,14,15). The quantitative estimate of drug-likeness (QED) is 0.635. The second-order valence-corrected chi connectivity index (χ2v) is 4.80. The van der Waals surface area contributed by atoms with E-state index in [1.165, 1.54) is 32.1 Å². The van der Waals surface area contributed by atoms with Gasteiger partial charge in [0.05, 0.1) is 5.92 Å². The molecule has 1 saturated carbocycles. The molecule has 2 unspecified atom stereocenters. The molecule has 1 aliphatic heterocycles. The van der Waals surface area contributed by atoms with E-state index < -0.39 is 0 Å². The molecular weight excluding hydrogens is 188 g/mol. The van der Waals surface area contributed by atoms with E-state index in [4.69, 9.17) is 0 Å². The van der Waals surface area contributed by atoms with Crippen LogP contribution in [0.4, 0.5) is 0 Å². The number of hydrogen-bond donors (Lipinski definition) is 2. The van der Waals surface area contributed by atoms with Gasteiger partial charge in [0, 0.05) is 12.6 Å². The Morgan fingerprint density at radius 1 is 0.933 bits per heavy atom. The molecule has 3 heteroatoms. The third kappa shape index (κ3) is 2.94. The van der Waals surface area contributed by atoms with Gasteiger partial charge in [0.15, 0.2) is 0 Å². The molecule has 0 aromatic heterocycles. The van der Waals surface area contributed by atoms with Crippen LogP contribution < -0.4 is 10.6 Å².